The molecule has 0 fully saturated rings. The van der Waals surface area contributed by atoms with Gasteiger partial charge in [0.25, 0.3) is 0 Å². The van der Waals surface area contributed by atoms with Gasteiger partial charge in [0.05, 0.1) is 5.56 Å². The zero-order valence-electron chi connectivity index (χ0n) is 10.9. The number of rotatable bonds is 5. The zero-order chi connectivity index (χ0) is 14.4. The van der Waals surface area contributed by atoms with Gasteiger partial charge in [-0.25, -0.2) is 9.59 Å². The average Bonchev–Trinajstić information content (AvgIpc) is 2.34. The maximum atomic E-state index is 12.0. The van der Waals surface area contributed by atoms with Gasteiger partial charge in [-0.1, -0.05) is 6.92 Å². The van der Waals surface area contributed by atoms with Crippen LogP contribution in [0.5, 0.6) is 0 Å². The molecule has 2 amide bonds. The van der Waals surface area contributed by atoms with Crippen molar-refractivity contribution in [3.8, 4) is 0 Å². The van der Waals surface area contributed by atoms with Crippen molar-refractivity contribution in [3.63, 3.8) is 0 Å². The molecule has 0 heterocycles. The Morgan fingerprint density at radius 1 is 1.32 bits per heavy atom. The molecule has 2 N–H and O–H groups in total. The van der Waals surface area contributed by atoms with Gasteiger partial charge in [-0.2, -0.15) is 0 Å². The fourth-order valence-corrected chi connectivity index (χ4v) is 2.33. The number of carbonyl (C=O) groups is 2. The van der Waals surface area contributed by atoms with Crippen molar-refractivity contribution in [2.75, 3.05) is 18.4 Å². The first-order valence-electron chi connectivity index (χ1n) is 6.07. The summed E-state index contributed by atoms with van der Waals surface area (Å²) in [6.45, 7) is 5.21. The number of nitrogens with one attached hydrogen (secondary N) is 1. The van der Waals surface area contributed by atoms with E-state index in [1.807, 2.05) is 36.4 Å². The van der Waals surface area contributed by atoms with Crippen LogP contribution in [0.15, 0.2) is 18.2 Å². The first-order valence-corrected chi connectivity index (χ1v) is 7.15. The first-order chi connectivity index (χ1) is 8.97. The average molecular weight is 376 g/mol. The monoisotopic (exact) mass is 376 g/mol. The molecule has 0 aliphatic carbocycles. The van der Waals surface area contributed by atoms with Crippen LogP contribution in [0.3, 0.4) is 0 Å². The summed E-state index contributed by atoms with van der Waals surface area (Å²) in [5, 5.41) is 11.7. The second-order valence-corrected chi connectivity index (χ2v) is 5.29. The molecule has 6 heteroatoms. The SMILES string of the molecule is CCCN(CC)C(=O)Nc1cc(I)cc(C(=O)O)c1. The fourth-order valence-electron chi connectivity index (χ4n) is 1.66. The number of aromatic carboxylic acids is 1. The van der Waals surface area contributed by atoms with Crippen LogP contribution < -0.4 is 5.32 Å². The predicted octanol–water partition coefficient (Wildman–Crippen LogP) is 3.25. The second kappa shape index (κ2) is 7.32. The minimum atomic E-state index is -1.00. The van der Waals surface area contributed by atoms with Crippen LogP contribution in [0.4, 0.5) is 10.5 Å². The summed E-state index contributed by atoms with van der Waals surface area (Å²) in [4.78, 5) is 24.6. The van der Waals surface area contributed by atoms with E-state index < -0.39 is 5.97 Å². The third kappa shape index (κ3) is 4.70. The van der Waals surface area contributed by atoms with Crippen molar-refractivity contribution in [2.45, 2.75) is 20.3 Å². The smallest absolute Gasteiger partial charge is 0.335 e. The lowest BCUT2D eigenvalue weighted by Crippen LogP contribution is -2.35. The molecule has 0 unspecified atom stereocenters. The van der Waals surface area contributed by atoms with Crippen molar-refractivity contribution in [2.24, 2.45) is 0 Å². The molecule has 104 valence electrons. The van der Waals surface area contributed by atoms with Crippen LogP contribution >= 0.6 is 22.6 Å². The van der Waals surface area contributed by atoms with Crippen LogP contribution in [0.25, 0.3) is 0 Å². The number of carboxylic acids is 1. The molecule has 0 atom stereocenters. The van der Waals surface area contributed by atoms with Crippen LogP contribution in [0, 0.1) is 3.57 Å². The summed E-state index contributed by atoms with van der Waals surface area (Å²) < 4.78 is 0.770. The van der Waals surface area contributed by atoms with E-state index >= 15 is 0 Å². The Kier molecular flexibility index (Phi) is 6.07. The van der Waals surface area contributed by atoms with E-state index in [-0.39, 0.29) is 11.6 Å². The highest BCUT2D eigenvalue weighted by Gasteiger charge is 2.12. The molecular formula is C13H17IN2O3. The molecule has 1 rings (SSSR count). The number of halogens is 1. The Morgan fingerprint density at radius 3 is 2.53 bits per heavy atom. The molecule has 0 bridgehead atoms. The van der Waals surface area contributed by atoms with Crippen molar-refractivity contribution in [1.82, 2.24) is 4.90 Å². The third-order valence-electron chi connectivity index (χ3n) is 2.56. The molecule has 0 aliphatic rings. The number of hydrogen-bond donors (Lipinski definition) is 2. The Bertz CT molecular complexity index is 477. The molecule has 5 nitrogen and oxygen atoms in total. The summed E-state index contributed by atoms with van der Waals surface area (Å²) in [7, 11) is 0. The van der Waals surface area contributed by atoms with E-state index in [0.717, 1.165) is 9.99 Å². The fraction of sp³-hybridized carbons (Fsp3) is 0.385. The number of urea groups is 1. The van der Waals surface area contributed by atoms with Crippen LogP contribution in [-0.2, 0) is 0 Å². The maximum Gasteiger partial charge on any atom is 0.335 e. The number of carbonyl (C=O) groups excluding carboxylic acids is 1. The molecule has 0 aliphatic heterocycles. The minimum absolute atomic E-state index is 0.167. The van der Waals surface area contributed by atoms with Crippen LogP contribution in [0.2, 0.25) is 0 Å². The summed E-state index contributed by atoms with van der Waals surface area (Å²) >= 11 is 2.03. The topological polar surface area (TPSA) is 69.6 Å². The third-order valence-corrected chi connectivity index (χ3v) is 3.18. The summed E-state index contributed by atoms with van der Waals surface area (Å²) in [6, 6.07) is 4.55. The van der Waals surface area contributed by atoms with Crippen molar-refractivity contribution >= 4 is 40.3 Å². The molecule has 1 aromatic carbocycles. The van der Waals surface area contributed by atoms with Gasteiger partial charge in [-0.05, 0) is 54.1 Å². The molecule has 0 spiro atoms. The lowest BCUT2D eigenvalue weighted by atomic mass is 10.2. The Hall–Kier alpha value is -1.31. The number of anilines is 1. The van der Waals surface area contributed by atoms with Gasteiger partial charge in [0, 0.05) is 22.3 Å². The molecule has 0 saturated carbocycles. The number of nitrogens with zero attached hydrogens (tertiary/aromatic N) is 1. The van der Waals surface area contributed by atoms with Crippen molar-refractivity contribution in [3.05, 3.63) is 27.3 Å². The highest BCUT2D eigenvalue weighted by atomic mass is 127. The molecule has 19 heavy (non-hydrogen) atoms. The van der Waals surface area contributed by atoms with Gasteiger partial charge in [0.1, 0.15) is 0 Å². The van der Waals surface area contributed by atoms with Crippen LogP contribution in [-0.4, -0.2) is 35.1 Å². The Labute approximate surface area is 126 Å². The molecule has 0 radical (unpaired) electrons. The summed E-state index contributed by atoms with van der Waals surface area (Å²) in [5.74, 6) is -1.00. The molecular weight excluding hydrogens is 359 g/mol. The van der Waals surface area contributed by atoms with E-state index in [0.29, 0.717) is 18.8 Å². The lowest BCUT2D eigenvalue weighted by molar-refractivity contribution is 0.0696. The minimum Gasteiger partial charge on any atom is -0.478 e. The summed E-state index contributed by atoms with van der Waals surface area (Å²) in [5.41, 5.74) is 0.671. The maximum absolute atomic E-state index is 12.0. The number of carboxylic acid groups (broad SMARTS) is 1. The zero-order valence-corrected chi connectivity index (χ0v) is 13.1. The van der Waals surface area contributed by atoms with Gasteiger partial charge >= 0.3 is 12.0 Å². The molecule has 0 saturated heterocycles. The standard InChI is InChI=1S/C13H17IN2O3/c1-3-5-16(4-2)13(19)15-11-7-9(12(17)18)6-10(14)8-11/h6-8H,3-5H2,1-2H3,(H,15,19)(H,17,18). The van der Waals surface area contributed by atoms with E-state index in [2.05, 4.69) is 5.32 Å². The van der Waals surface area contributed by atoms with E-state index in [1.54, 1.807) is 17.0 Å². The first kappa shape index (κ1) is 15.7. The highest BCUT2D eigenvalue weighted by Crippen LogP contribution is 2.17. The largest absolute Gasteiger partial charge is 0.478 e. The lowest BCUT2D eigenvalue weighted by Gasteiger charge is -2.20. The van der Waals surface area contributed by atoms with Gasteiger partial charge < -0.3 is 15.3 Å². The highest BCUT2D eigenvalue weighted by molar-refractivity contribution is 14.1. The number of benzene rings is 1. The summed E-state index contributed by atoms with van der Waals surface area (Å²) in [6.07, 6.45) is 0.883. The van der Waals surface area contributed by atoms with Crippen molar-refractivity contribution < 1.29 is 14.7 Å². The van der Waals surface area contributed by atoms with Gasteiger partial charge in [-0.15, -0.1) is 0 Å². The Balaban J connectivity index is 2.87. The quantitative estimate of drug-likeness (QED) is 0.776. The number of amides is 2. The second-order valence-electron chi connectivity index (χ2n) is 4.04. The van der Waals surface area contributed by atoms with Crippen molar-refractivity contribution in [1.29, 1.82) is 0 Å². The van der Waals surface area contributed by atoms with E-state index in [9.17, 15) is 9.59 Å². The number of hydrogen-bond acceptors (Lipinski definition) is 2. The van der Waals surface area contributed by atoms with Gasteiger partial charge in [-0.3, -0.25) is 0 Å². The van der Waals surface area contributed by atoms with E-state index in [4.69, 9.17) is 5.11 Å². The molecule has 1 aromatic rings. The normalized spacial score (nSPS) is 10.1. The van der Waals surface area contributed by atoms with Gasteiger partial charge in [0.15, 0.2) is 0 Å². The predicted molar refractivity (Wildman–Crippen MR) is 82.7 cm³/mol. The van der Waals surface area contributed by atoms with Gasteiger partial charge in [0.2, 0.25) is 0 Å². The van der Waals surface area contributed by atoms with Crippen LogP contribution in [0.1, 0.15) is 30.6 Å². The van der Waals surface area contributed by atoms with E-state index in [1.165, 1.54) is 6.07 Å². The Morgan fingerprint density at radius 2 is 2.00 bits per heavy atom. The molecule has 0 aromatic heterocycles.